The zero-order valence-corrected chi connectivity index (χ0v) is 23.0. The molecule has 15 heteroatoms. The molecule has 1 aliphatic heterocycles. The van der Waals surface area contributed by atoms with Crippen LogP contribution in [0.5, 0.6) is 0 Å². The maximum atomic E-state index is 13.7. The molecule has 4 rings (SSSR count). The first-order chi connectivity index (χ1) is 18.8. The number of hydrogen-bond donors (Lipinski definition) is 2. The predicted octanol–water partition coefficient (Wildman–Crippen LogP) is 5.53. The lowest BCUT2D eigenvalue weighted by Crippen LogP contribution is -2.50. The first-order valence-corrected chi connectivity index (χ1v) is 13.9. The molecular weight excluding hydrogens is 596 g/mol. The van der Waals surface area contributed by atoms with Crippen LogP contribution in [0, 0.1) is 0 Å². The molecule has 40 heavy (non-hydrogen) atoms. The van der Waals surface area contributed by atoms with E-state index >= 15 is 0 Å². The number of fused-ring (bicyclic) bond motifs is 1. The molecule has 0 saturated heterocycles. The number of alkyl halides is 3. The molecular formula is C25H21Cl2F3N4O5S. The summed E-state index contributed by atoms with van der Waals surface area (Å²) in [4.78, 5) is 28.6. The van der Waals surface area contributed by atoms with Crippen LogP contribution in [0.3, 0.4) is 0 Å². The normalized spacial score (nSPS) is 15.2. The molecule has 0 aliphatic carbocycles. The summed E-state index contributed by atoms with van der Waals surface area (Å²) in [5.74, 6) is -0.692. The Balaban J connectivity index is 1.75. The molecule has 9 nitrogen and oxygen atoms in total. The van der Waals surface area contributed by atoms with Crippen molar-refractivity contribution in [1.82, 2.24) is 10.3 Å². The molecule has 1 atom stereocenters. The van der Waals surface area contributed by atoms with Gasteiger partial charge < -0.3 is 15.4 Å². The Labute approximate surface area is 237 Å². The van der Waals surface area contributed by atoms with Gasteiger partial charge in [-0.3, -0.25) is 14.1 Å². The summed E-state index contributed by atoms with van der Waals surface area (Å²) >= 11 is 12.2. The zero-order valence-electron chi connectivity index (χ0n) is 20.6. The smallest absolute Gasteiger partial charge is 0.416 e. The first kappa shape index (κ1) is 29.4. The molecule has 0 saturated carbocycles. The molecule has 3 aromatic rings. The number of rotatable bonds is 6. The molecule has 0 fully saturated rings. The summed E-state index contributed by atoms with van der Waals surface area (Å²) in [5.41, 5.74) is -0.890. The molecule has 2 heterocycles. The van der Waals surface area contributed by atoms with Crippen LogP contribution in [0.2, 0.25) is 10.0 Å². The summed E-state index contributed by atoms with van der Waals surface area (Å²) < 4.78 is 73.2. The highest BCUT2D eigenvalue weighted by atomic mass is 35.5. The van der Waals surface area contributed by atoms with E-state index in [9.17, 15) is 31.2 Å². The van der Waals surface area contributed by atoms with E-state index in [0.29, 0.717) is 6.07 Å². The molecule has 212 valence electrons. The van der Waals surface area contributed by atoms with E-state index in [4.69, 9.17) is 27.9 Å². The van der Waals surface area contributed by atoms with Crippen molar-refractivity contribution in [2.24, 2.45) is 0 Å². The average molecular weight is 617 g/mol. The number of nitrogens with one attached hydrogen (secondary N) is 2. The number of aromatic nitrogens is 1. The number of carbonyl (C=O) groups excluding carboxylic acids is 2. The summed E-state index contributed by atoms with van der Waals surface area (Å²) in [6.45, 7) is 1.31. The quantitative estimate of drug-likeness (QED) is 0.376. The monoisotopic (exact) mass is 616 g/mol. The van der Waals surface area contributed by atoms with Gasteiger partial charge in [0, 0.05) is 6.42 Å². The van der Waals surface area contributed by atoms with Crippen LogP contribution in [-0.4, -0.2) is 44.6 Å². The Hall–Kier alpha value is -3.55. The number of alkyl carbamates (subject to hydrolysis) is 1. The lowest BCUT2D eigenvalue weighted by molar-refractivity contribution is -0.137. The van der Waals surface area contributed by atoms with Crippen molar-refractivity contribution in [3.63, 3.8) is 0 Å². The molecule has 2 amide bonds. The lowest BCUT2D eigenvalue weighted by atomic mass is 10.0. The van der Waals surface area contributed by atoms with Crippen LogP contribution < -0.4 is 14.9 Å². The Morgan fingerprint density at radius 2 is 1.80 bits per heavy atom. The van der Waals surface area contributed by atoms with Crippen molar-refractivity contribution < 1.29 is 35.9 Å². The van der Waals surface area contributed by atoms with Crippen molar-refractivity contribution in [2.45, 2.75) is 30.5 Å². The average Bonchev–Trinajstić information content (AvgIpc) is 2.88. The summed E-state index contributed by atoms with van der Waals surface area (Å²) in [6.07, 6.45) is -4.23. The summed E-state index contributed by atoms with van der Waals surface area (Å²) in [5, 5.41) is 5.27. The zero-order chi connectivity index (χ0) is 29.2. The molecule has 2 N–H and O–H groups in total. The second-order valence-electron chi connectivity index (χ2n) is 8.57. The highest BCUT2D eigenvalue weighted by Crippen LogP contribution is 2.36. The fourth-order valence-electron chi connectivity index (χ4n) is 4.05. The van der Waals surface area contributed by atoms with E-state index in [1.807, 2.05) is 0 Å². The van der Waals surface area contributed by atoms with E-state index < -0.39 is 44.7 Å². The van der Waals surface area contributed by atoms with Gasteiger partial charge in [-0.2, -0.15) is 13.2 Å². The number of benzene rings is 2. The Morgan fingerprint density at radius 3 is 2.45 bits per heavy atom. The fraction of sp³-hybridized carbons (Fsp3) is 0.240. The van der Waals surface area contributed by atoms with Gasteiger partial charge in [-0.1, -0.05) is 35.3 Å². The molecule has 1 aromatic heterocycles. The second-order valence-corrected chi connectivity index (χ2v) is 11.2. The number of carbonyl (C=O) groups is 2. The molecule has 0 radical (unpaired) electrons. The maximum Gasteiger partial charge on any atom is 0.416 e. The standard InChI is InChI=1S/C25H21Cl2F3N4O5S/c1-2-39-24(36)33-16-10-20-21(11-15(12-31-20)32-23(35)22-18(26)7-4-8-19(22)27)34(13-16)40(37,38)17-6-3-5-14(9-17)25(28,29)30/h3-9,11-12,16H,2,10,13H2,1H3,(H,32,35)(H,33,36). The number of halogens is 5. The molecule has 1 unspecified atom stereocenters. The molecule has 1 aliphatic rings. The third-order valence-electron chi connectivity index (χ3n) is 5.84. The van der Waals surface area contributed by atoms with Gasteiger partial charge in [0.2, 0.25) is 0 Å². The van der Waals surface area contributed by atoms with Gasteiger partial charge in [0.25, 0.3) is 15.9 Å². The van der Waals surface area contributed by atoms with Gasteiger partial charge in [-0.05, 0) is 43.3 Å². The predicted molar refractivity (Wildman–Crippen MR) is 142 cm³/mol. The van der Waals surface area contributed by atoms with E-state index in [0.717, 1.165) is 22.5 Å². The van der Waals surface area contributed by atoms with Crippen LogP contribution in [0.15, 0.2) is 59.6 Å². The number of nitrogens with zero attached hydrogens (tertiary/aromatic N) is 2. The van der Waals surface area contributed by atoms with Gasteiger partial charge in [-0.25, -0.2) is 13.2 Å². The van der Waals surface area contributed by atoms with Crippen LogP contribution >= 0.6 is 23.2 Å². The third kappa shape index (κ3) is 6.26. The van der Waals surface area contributed by atoms with Gasteiger partial charge in [0.1, 0.15) is 0 Å². The van der Waals surface area contributed by atoms with E-state index in [1.54, 1.807) is 13.0 Å². The van der Waals surface area contributed by atoms with Crippen LogP contribution in [0.25, 0.3) is 0 Å². The fourth-order valence-corrected chi connectivity index (χ4v) is 6.19. The van der Waals surface area contributed by atoms with Crippen LogP contribution in [0.4, 0.5) is 29.3 Å². The van der Waals surface area contributed by atoms with Crippen molar-refractivity contribution >= 4 is 56.6 Å². The highest BCUT2D eigenvalue weighted by molar-refractivity contribution is 7.92. The van der Waals surface area contributed by atoms with Crippen molar-refractivity contribution in [3.05, 3.63) is 81.6 Å². The summed E-state index contributed by atoms with van der Waals surface area (Å²) in [6, 6.07) is 8.28. The van der Waals surface area contributed by atoms with E-state index in [-0.39, 0.29) is 52.2 Å². The van der Waals surface area contributed by atoms with Crippen molar-refractivity contribution in [2.75, 3.05) is 22.8 Å². The van der Waals surface area contributed by atoms with Gasteiger partial charge in [-0.15, -0.1) is 0 Å². The number of sulfonamides is 1. The SMILES string of the molecule is CCOC(=O)NC1Cc2ncc(NC(=O)c3c(Cl)cccc3Cl)cc2N(S(=O)(=O)c2cccc(C(F)(F)F)c2)C1. The molecule has 0 bridgehead atoms. The maximum absolute atomic E-state index is 13.7. The Morgan fingerprint density at radius 1 is 1.12 bits per heavy atom. The topological polar surface area (TPSA) is 118 Å². The second kappa shape index (κ2) is 11.5. The Kier molecular flexibility index (Phi) is 8.47. The van der Waals surface area contributed by atoms with Crippen LogP contribution in [-0.2, 0) is 27.4 Å². The number of amides is 2. The van der Waals surface area contributed by atoms with E-state index in [1.165, 1.54) is 24.4 Å². The minimum absolute atomic E-state index is 0.00220. The Bertz CT molecular complexity index is 1550. The largest absolute Gasteiger partial charge is 0.450 e. The minimum atomic E-state index is -4.78. The van der Waals surface area contributed by atoms with Gasteiger partial charge in [0.15, 0.2) is 0 Å². The number of ether oxygens (including phenoxy) is 1. The van der Waals surface area contributed by atoms with Crippen molar-refractivity contribution in [1.29, 1.82) is 0 Å². The van der Waals surface area contributed by atoms with Gasteiger partial charge >= 0.3 is 12.3 Å². The van der Waals surface area contributed by atoms with E-state index in [2.05, 4.69) is 15.6 Å². The van der Waals surface area contributed by atoms with Crippen molar-refractivity contribution in [3.8, 4) is 0 Å². The third-order valence-corrected chi connectivity index (χ3v) is 8.24. The first-order valence-electron chi connectivity index (χ1n) is 11.7. The summed E-state index contributed by atoms with van der Waals surface area (Å²) in [7, 11) is -4.60. The molecule has 0 spiro atoms. The number of anilines is 2. The number of pyridine rings is 1. The lowest BCUT2D eigenvalue weighted by Gasteiger charge is -2.35. The van der Waals surface area contributed by atoms with Gasteiger partial charge in [0.05, 0.1) is 68.5 Å². The molecule has 2 aromatic carbocycles. The van der Waals surface area contributed by atoms with Crippen LogP contribution in [0.1, 0.15) is 28.5 Å². The minimum Gasteiger partial charge on any atom is -0.450 e. The highest BCUT2D eigenvalue weighted by Gasteiger charge is 2.37. The number of hydrogen-bond acceptors (Lipinski definition) is 6.